The number of anilines is 1. The fourth-order valence-corrected chi connectivity index (χ4v) is 2.34. The van der Waals surface area contributed by atoms with Crippen LogP contribution in [0.1, 0.15) is 12.5 Å². The standard InChI is InChI=1S/C13H20N4O3/c1-10-3-4-14-13(12(10)17(18)19)15-11(2)9-16-5-7-20-8-6-16/h3-4,11H,5-9H2,1-2H3,(H,14,15). The SMILES string of the molecule is Cc1ccnc(NC(C)CN2CCOCC2)c1[N+](=O)[O-]. The number of hydrogen-bond donors (Lipinski definition) is 1. The summed E-state index contributed by atoms with van der Waals surface area (Å²) in [4.78, 5) is 17.1. The number of nitrogens with one attached hydrogen (secondary N) is 1. The first-order valence-corrected chi connectivity index (χ1v) is 6.74. The molecular formula is C13H20N4O3. The lowest BCUT2D eigenvalue weighted by atomic mass is 10.2. The molecule has 0 bridgehead atoms. The van der Waals surface area contributed by atoms with E-state index in [1.807, 2.05) is 6.92 Å². The largest absolute Gasteiger partial charge is 0.379 e. The van der Waals surface area contributed by atoms with Crippen LogP contribution in [0, 0.1) is 17.0 Å². The fraction of sp³-hybridized carbons (Fsp3) is 0.615. The van der Waals surface area contributed by atoms with E-state index in [0.29, 0.717) is 11.4 Å². The van der Waals surface area contributed by atoms with Gasteiger partial charge in [-0.1, -0.05) is 0 Å². The number of ether oxygens (including phenoxy) is 1. The van der Waals surface area contributed by atoms with Crippen LogP contribution in [0.5, 0.6) is 0 Å². The van der Waals surface area contributed by atoms with Crippen LogP contribution < -0.4 is 5.32 Å². The molecule has 1 aliphatic heterocycles. The van der Waals surface area contributed by atoms with Crippen molar-refractivity contribution in [2.45, 2.75) is 19.9 Å². The van der Waals surface area contributed by atoms with Crippen molar-refractivity contribution in [3.63, 3.8) is 0 Å². The van der Waals surface area contributed by atoms with Gasteiger partial charge >= 0.3 is 5.69 Å². The average molecular weight is 280 g/mol. The molecule has 110 valence electrons. The summed E-state index contributed by atoms with van der Waals surface area (Å²) in [6.07, 6.45) is 1.59. The highest BCUT2D eigenvalue weighted by molar-refractivity contribution is 5.60. The van der Waals surface area contributed by atoms with Gasteiger partial charge in [-0.05, 0) is 19.9 Å². The summed E-state index contributed by atoms with van der Waals surface area (Å²) in [6.45, 7) is 7.83. The van der Waals surface area contributed by atoms with Crippen LogP contribution >= 0.6 is 0 Å². The summed E-state index contributed by atoms with van der Waals surface area (Å²) in [5, 5.41) is 14.3. The first kappa shape index (κ1) is 14.7. The van der Waals surface area contributed by atoms with Crippen molar-refractivity contribution >= 4 is 11.5 Å². The van der Waals surface area contributed by atoms with Gasteiger partial charge in [0.25, 0.3) is 0 Å². The molecule has 0 saturated carbocycles. The third-order valence-corrected chi connectivity index (χ3v) is 3.33. The van der Waals surface area contributed by atoms with Crippen molar-refractivity contribution in [2.24, 2.45) is 0 Å². The Morgan fingerprint density at radius 3 is 2.90 bits per heavy atom. The summed E-state index contributed by atoms with van der Waals surface area (Å²) >= 11 is 0. The number of pyridine rings is 1. The molecule has 2 heterocycles. The third kappa shape index (κ3) is 3.64. The molecule has 0 spiro atoms. The van der Waals surface area contributed by atoms with Gasteiger partial charge < -0.3 is 10.1 Å². The number of hydrogen-bond acceptors (Lipinski definition) is 6. The molecule has 1 aromatic heterocycles. The summed E-state index contributed by atoms with van der Waals surface area (Å²) in [7, 11) is 0. The number of nitrogens with zero attached hydrogens (tertiary/aromatic N) is 3. The lowest BCUT2D eigenvalue weighted by Gasteiger charge is -2.29. The van der Waals surface area contributed by atoms with Crippen molar-refractivity contribution in [3.05, 3.63) is 27.9 Å². The zero-order chi connectivity index (χ0) is 14.5. The summed E-state index contributed by atoms with van der Waals surface area (Å²) in [6, 6.07) is 1.73. The molecular weight excluding hydrogens is 260 g/mol. The first-order valence-electron chi connectivity index (χ1n) is 6.74. The van der Waals surface area contributed by atoms with Crippen LogP contribution in [0.3, 0.4) is 0 Å². The minimum atomic E-state index is -0.383. The number of morpholine rings is 1. The Labute approximate surface area is 118 Å². The molecule has 1 atom stereocenters. The van der Waals surface area contributed by atoms with Gasteiger partial charge in [-0.15, -0.1) is 0 Å². The Morgan fingerprint density at radius 2 is 2.25 bits per heavy atom. The van der Waals surface area contributed by atoms with Crippen molar-refractivity contribution in [1.82, 2.24) is 9.88 Å². The predicted molar refractivity (Wildman–Crippen MR) is 76.0 cm³/mol. The molecule has 1 aliphatic rings. The second-order valence-corrected chi connectivity index (χ2v) is 5.04. The minimum Gasteiger partial charge on any atom is -0.379 e. The predicted octanol–water partition coefficient (Wildman–Crippen LogP) is 1.43. The zero-order valence-electron chi connectivity index (χ0n) is 11.8. The monoisotopic (exact) mass is 280 g/mol. The molecule has 0 aromatic carbocycles. The van der Waals surface area contributed by atoms with E-state index in [4.69, 9.17) is 4.74 Å². The smallest absolute Gasteiger partial charge is 0.314 e. The van der Waals surface area contributed by atoms with E-state index in [9.17, 15) is 10.1 Å². The topological polar surface area (TPSA) is 80.5 Å². The van der Waals surface area contributed by atoms with Gasteiger partial charge in [0.15, 0.2) is 0 Å². The van der Waals surface area contributed by atoms with Crippen LogP contribution in [0.4, 0.5) is 11.5 Å². The molecule has 0 amide bonds. The second-order valence-electron chi connectivity index (χ2n) is 5.04. The molecule has 2 rings (SSSR count). The lowest BCUT2D eigenvalue weighted by molar-refractivity contribution is -0.384. The van der Waals surface area contributed by atoms with E-state index >= 15 is 0 Å². The molecule has 7 nitrogen and oxygen atoms in total. The molecule has 1 unspecified atom stereocenters. The number of aromatic nitrogens is 1. The Kier molecular flexibility index (Phi) is 4.86. The van der Waals surface area contributed by atoms with E-state index in [0.717, 1.165) is 32.8 Å². The number of aryl methyl sites for hydroxylation is 1. The normalized spacial score (nSPS) is 17.7. The Balaban J connectivity index is 2.01. The minimum absolute atomic E-state index is 0.0568. The van der Waals surface area contributed by atoms with E-state index in [1.54, 1.807) is 19.2 Å². The molecule has 1 saturated heterocycles. The molecule has 20 heavy (non-hydrogen) atoms. The van der Waals surface area contributed by atoms with E-state index in [2.05, 4.69) is 15.2 Å². The highest BCUT2D eigenvalue weighted by Crippen LogP contribution is 2.25. The van der Waals surface area contributed by atoms with Gasteiger partial charge in [0.1, 0.15) is 0 Å². The lowest BCUT2D eigenvalue weighted by Crippen LogP contribution is -2.42. The Bertz CT molecular complexity index is 475. The van der Waals surface area contributed by atoms with Crippen molar-refractivity contribution in [1.29, 1.82) is 0 Å². The number of nitro groups is 1. The highest BCUT2D eigenvalue weighted by atomic mass is 16.6. The molecule has 1 N–H and O–H groups in total. The highest BCUT2D eigenvalue weighted by Gasteiger charge is 2.21. The Morgan fingerprint density at radius 1 is 1.55 bits per heavy atom. The third-order valence-electron chi connectivity index (χ3n) is 3.33. The van der Waals surface area contributed by atoms with Crippen LogP contribution in [0.15, 0.2) is 12.3 Å². The van der Waals surface area contributed by atoms with Gasteiger partial charge in [-0.2, -0.15) is 0 Å². The molecule has 0 radical (unpaired) electrons. The van der Waals surface area contributed by atoms with Gasteiger partial charge in [0, 0.05) is 37.4 Å². The fourth-order valence-electron chi connectivity index (χ4n) is 2.34. The van der Waals surface area contributed by atoms with Crippen LogP contribution in [-0.4, -0.2) is 53.7 Å². The molecule has 1 fully saturated rings. The zero-order valence-corrected chi connectivity index (χ0v) is 11.8. The van der Waals surface area contributed by atoms with Crippen molar-refractivity contribution in [3.8, 4) is 0 Å². The molecule has 1 aromatic rings. The van der Waals surface area contributed by atoms with Gasteiger partial charge in [-0.25, -0.2) is 4.98 Å². The molecule has 0 aliphatic carbocycles. The van der Waals surface area contributed by atoms with Crippen LogP contribution in [0.2, 0.25) is 0 Å². The Hall–Kier alpha value is -1.73. The summed E-state index contributed by atoms with van der Waals surface area (Å²) in [5.41, 5.74) is 0.674. The molecule has 7 heteroatoms. The van der Waals surface area contributed by atoms with Gasteiger partial charge in [0.2, 0.25) is 5.82 Å². The summed E-state index contributed by atoms with van der Waals surface area (Å²) < 4.78 is 5.30. The van der Waals surface area contributed by atoms with E-state index < -0.39 is 0 Å². The van der Waals surface area contributed by atoms with E-state index in [-0.39, 0.29) is 16.7 Å². The van der Waals surface area contributed by atoms with Crippen LogP contribution in [0.25, 0.3) is 0 Å². The van der Waals surface area contributed by atoms with Gasteiger partial charge in [-0.3, -0.25) is 15.0 Å². The van der Waals surface area contributed by atoms with Crippen molar-refractivity contribution in [2.75, 3.05) is 38.2 Å². The summed E-state index contributed by atoms with van der Waals surface area (Å²) in [5.74, 6) is 0.343. The average Bonchev–Trinajstić information content (AvgIpc) is 2.39. The van der Waals surface area contributed by atoms with E-state index in [1.165, 1.54) is 0 Å². The quantitative estimate of drug-likeness (QED) is 0.649. The maximum Gasteiger partial charge on any atom is 0.314 e. The van der Waals surface area contributed by atoms with Crippen molar-refractivity contribution < 1.29 is 9.66 Å². The maximum absolute atomic E-state index is 11.1. The maximum atomic E-state index is 11.1. The first-order chi connectivity index (χ1) is 9.58. The van der Waals surface area contributed by atoms with Gasteiger partial charge in [0.05, 0.1) is 18.1 Å². The number of rotatable bonds is 5. The second kappa shape index (κ2) is 6.62. The van der Waals surface area contributed by atoms with Crippen LogP contribution in [-0.2, 0) is 4.74 Å².